The average molecular weight is 422 g/mol. The van der Waals surface area contributed by atoms with Crippen molar-refractivity contribution in [3.63, 3.8) is 0 Å². The van der Waals surface area contributed by atoms with E-state index in [9.17, 15) is 0 Å². The molecule has 3 unspecified atom stereocenters. The van der Waals surface area contributed by atoms with E-state index in [2.05, 4.69) is 53.5 Å². The molecule has 3 aliphatic rings. The molecule has 0 saturated heterocycles. The van der Waals surface area contributed by atoms with Crippen molar-refractivity contribution < 1.29 is 18.9 Å². The van der Waals surface area contributed by atoms with Crippen LogP contribution in [-0.2, 0) is 18.9 Å². The van der Waals surface area contributed by atoms with Crippen LogP contribution in [-0.4, -0.2) is 0 Å². The number of hydrogen-bond acceptors (Lipinski definition) is 0. The van der Waals surface area contributed by atoms with Crippen LogP contribution in [0.3, 0.4) is 0 Å². The van der Waals surface area contributed by atoms with Gasteiger partial charge in [-0.05, 0) is 0 Å². The first kappa shape index (κ1) is 13.1. The fourth-order valence-electron chi connectivity index (χ4n) is 4.61. The molecule has 1 spiro atoms. The average Bonchev–Trinajstić information content (AvgIpc) is 2.93. The van der Waals surface area contributed by atoms with Crippen molar-refractivity contribution in [1.82, 2.24) is 0 Å². The van der Waals surface area contributed by atoms with Crippen LogP contribution >= 0.6 is 0 Å². The van der Waals surface area contributed by atoms with Gasteiger partial charge in [-0.25, -0.2) is 0 Å². The summed E-state index contributed by atoms with van der Waals surface area (Å²) in [6.45, 7) is 12.1. The Balaban J connectivity index is 2.12. The quantitative estimate of drug-likeness (QED) is 0.592. The van der Waals surface area contributed by atoms with Gasteiger partial charge < -0.3 is 0 Å². The van der Waals surface area contributed by atoms with E-state index in [1.165, 1.54) is 32.1 Å². The van der Waals surface area contributed by atoms with Gasteiger partial charge in [0.2, 0.25) is 0 Å². The summed E-state index contributed by atoms with van der Waals surface area (Å²) in [6.07, 6.45) is 6.67. The van der Waals surface area contributed by atoms with E-state index in [0.717, 1.165) is 0 Å². The molecule has 0 aliphatic heterocycles. The summed E-state index contributed by atoms with van der Waals surface area (Å²) in [5.74, 6) is 0. The van der Waals surface area contributed by atoms with Gasteiger partial charge in [0.1, 0.15) is 0 Å². The monoisotopic (exact) mass is 422 g/mol. The molecular weight excluding hydrogens is 396 g/mol. The van der Waals surface area contributed by atoms with E-state index in [4.69, 9.17) is 0 Å². The summed E-state index contributed by atoms with van der Waals surface area (Å²) in [5, 5.41) is 0. The Kier molecular flexibility index (Phi) is 2.63. The van der Waals surface area contributed by atoms with E-state index in [0.29, 0.717) is 16.2 Å². The van der Waals surface area contributed by atoms with Gasteiger partial charge in [-0.2, -0.15) is 0 Å². The minimum absolute atomic E-state index is 0.503. The van der Waals surface area contributed by atoms with Crippen molar-refractivity contribution >= 4 is 0 Å². The first-order chi connectivity index (χ1) is 8.40. The summed E-state index contributed by atoms with van der Waals surface area (Å²) in [5.41, 5.74) is 6.97. The summed E-state index contributed by atoms with van der Waals surface area (Å²) in [7, 11) is 0. The predicted octanol–water partition coefficient (Wildman–Crippen LogP) is 5.13. The Morgan fingerprint density at radius 3 is 2.22 bits per heavy atom. The van der Waals surface area contributed by atoms with Crippen molar-refractivity contribution in [3.05, 3.63) is 20.8 Å². The third-order valence-corrected chi connectivity index (χ3v) is 8.12. The zero-order chi connectivity index (χ0) is 13.3. The van der Waals surface area contributed by atoms with Crippen LogP contribution in [0.1, 0.15) is 66.7 Å². The van der Waals surface area contributed by atoms with E-state index in [1.807, 2.05) is 5.57 Å². The fourth-order valence-corrected chi connectivity index (χ4v) is 6.63. The van der Waals surface area contributed by atoms with Crippen LogP contribution in [0.5, 0.6) is 0 Å². The maximum atomic E-state index is 2.52. The SMILES string of the molecule is CCC1=[C]([Ir])C2(CC2(C)CC)C2=C1C(C)(CC)C2. The predicted molar refractivity (Wildman–Crippen MR) is 72.8 cm³/mol. The second-order valence-corrected chi connectivity index (χ2v) is 8.26. The Labute approximate surface area is 122 Å². The third kappa shape index (κ3) is 1.17. The summed E-state index contributed by atoms with van der Waals surface area (Å²) in [6, 6.07) is 0. The molecule has 3 rings (SSSR count). The number of allylic oxidation sites excluding steroid dienone is 4. The van der Waals surface area contributed by atoms with E-state index in [-0.39, 0.29) is 0 Å². The van der Waals surface area contributed by atoms with Crippen LogP contribution < -0.4 is 0 Å². The van der Waals surface area contributed by atoms with Crippen LogP contribution in [0.25, 0.3) is 0 Å². The summed E-state index contributed by atoms with van der Waals surface area (Å²) < 4.78 is 1.75. The van der Waals surface area contributed by atoms with E-state index >= 15 is 0 Å². The van der Waals surface area contributed by atoms with Gasteiger partial charge >= 0.3 is 123 Å². The molecule has 0 heterocycles. The Hall–Kier alpha value is 0.129. The second kappa shape index (κ2) is 3.61. The molecule has 18 heavy (non-hydrogen) atoms. The molecule has 1 heteroatoms. The van der Waals surface area contributed by atoms with Crippen molar-refractivity contribution in [3.8, 4) is 0 Å². The maximum absolute atomic E-state index is 2.52. The number of rotatable bonds is 3. The molecule has 1 saturated carbocycles. The molecule has 0 amide bonds. The molecule has 0 radical (unpaired) electrons. The van der Waals surface area contributed by atoms with Crippen LogP contribution in [0.2, 0.25) is 0 Å². The standard InChI is InChI=1S/C17H25.Ir/c1-6-12-9-17(11-16(17,5)8-3)13-10-15(4,7-2)14(12)13;/h6-8,10-11H2,1-5H3;. The Morgan fingerprint density at radius 2 is 1.78 bits per heavy atom. The first-order valence-corrected chi connectivity index (χ1v) is 8.71. The molecule has 3 aliphatic carbocycles. The zero-order valence-corrected chi connectivity index (χ0v) is 14.8. The number of fused-ring (bicyclic) bond motifs is 1. The van der Waals surface area contributed by atoms with E-state index < -0.39 is 0 Å². The van der Waals surface area contributed by atoms with Gasteiger partial charge in [-0.15, -0.1) is 0 Å². The molecule has 0 aromatic carbocycles. The molecule has 0 N–H and O–H groups in total. The molecule has 102 valence electrons. The molecule has 0 aromatic heterocycles. The van der Waals surface area contributed by atoms with Crippen molar-refractivity contribution in [2.24, 2.45) is 16.2 Å². The van der Waals surface area contributed by atoms with E-state index in [1.54, 1.807) is 15.2 Å². The first-order valence-electron chi connectivity index (χ1n) is 7.51. The summed E-state index contributed by atoms with van der Waals surface area (Å²) >= 11 is 2.44. The van der Waals surface area contributed by atoms with Crippen LogP contribution in [0.4, 0.5) is 0 Å². The third-order valence-electron chi connectivity index (χ3n) is 6.37. The molecule has 0 aromatic rings. The Bertz CT molecular complexity index is 484. The normalized spacial score (nSPS) is 45.7. The second-order valence-electron chi connectivity index (χ2n) is 7.06. The summed E-state index contributed by atoms with van der Waals surface area (Å²) in [4.78, 5) is 0. The molecule has 0 nitrogen and oxygen atoms in total. The molecular formula is C17H25Ir. The van der Waals surface area contributed by atoms with Gasteiger partial charge in [0, 0.05) is 0 Å². The van der Waals surface area contributed by atoms with Gasteiger partial charge in [-0.3, -0.25) is 0 Å². The van der Waals surface area contributed by atoms with Crippen LogP contribution in [0.15, 0.2) is 20.8 Å². The van der Waals surface area contributed by atoms with Crippen molar-refractivity contribution in [1.29, 1.82) is 0 Å². The topological polar surface area (TPSA) is 0 Å². The molecule has 0 bridgehead atoms. The molecule has 3 atom stereocenters. The Morgan fingerprint density at radius 1 is 1.11 bits per heavy atom. The molecule has 1 fully saturated rings. The van der Waals surface area contributed by atoms with Gasteiger partial charge in [0.25, 0.3) is 0 Å². The zero-order valence-electron chi connectivity index (χ0n) is 12.4. The van der Waals surface area contributed by atoms with Gasteiger partial charge in [-0.1, -0.05) is 0 Å². The fraction of sp³-hybridized carbons (Fsp3) is 0.765. The van der Waals surface area contributed by atoms with Gasteiger partial charge in [0.15, 0.2) is 0 Å². The van der Waals surface area contributed by atoms with Crippen LogP contribution in [0, 0.1) is 16.2 Å². The van der Waals surface area contributed by atoms with Gasteiger partial charge in [0.05, 0.1) is 0 Å². The number of hydrogen-bond donors (Lipinski definition) is 0. The van der Waals surface area contributed by atoms with Crippen molar-refractivity contribution in [2.75, 3.05) is 0 Å². The minimum atomic E-state index is 0.503. The van der Waals surface area contributed by atoms with Crippen molar-refractivity contribution in [2.45, 2.75) is 66.7 Å².